The Kier molecular flexibility index (Phi) is 3.11. The molecular formula is C14H15N5O. The van der Waals surface area contributed by atoms with Gasteiger partial charge in [0, 0.05) is 0 Å². The van der Waals surface area contributed by atoms with Crippen LogP contribution in [0.5, 0.6) is 0 Å². The van der Waals surface area contributed by atoms with Crippen molar-refractivity contribution in [3.05, 3.63) is 24.3 Å². The van der Waals surface area contributed by atoms with E-state index in [1.165, 1.54) is 0 Å². The molecule has 1 fully saturated rings. The number of nitriles is 1. The van der Waals surface area contributed by atoms with E-state index >= 15 is 0 Å². The average molecular weight is 269 g/mol. The van der Waals surface area contributed by atoms with Gasteiger partial charge in [-0.15, -0.1) is 5.10 Å². The van der Waals surface area contributed by atoms with E-state index in [9.17, 15) is 10.1 Å². The lowest BCUT2D eigenvalue weighted by molar-refractivity contribution is -0.123. The summed E-state index contributed by atoms with van der Waals surface area (Å²) in [6, 6.07) is 9.74. The maximum absolute atomic E-state index is 12.1. The Labute approximate surface area is 116 Å². The largest absolute Gasteiger partial charge is 0.336 e. The van der Waals surface area contributed by atoms with Gasteiger partial charge in [0.25, 0.3) is 0 Å². The van der Waals surface area contributed by atoms with Gasteiger partial charge < -0.3 is 5.32 Å². The molecule has 0 unspecified atom stereocenters. The molecule has 6 heteroatoms. The van der Waals surface area contributed by atoms with Gasteiger partial charge in [0.1, 0.15) is 17.6 Å². The summed E-state index contributed by atoms with van der Waals surface area (Å²) in [6.45, 7) is 0.0872. The Hall–Kier alpha value is -2.42. The Morgan fingerprint density at radius 3 is 2.90 bits per heavy atom. The number of nitrogens with zero attached hydrogens (tertiary/aromatic N) is 4. The molecule has 1 heterocycles. The molecule has 20 heavy (non-hydrogen) atoms. The summed E-state index contributed by atoms with van der Waals surface area (Å²) in [4.78, 5) is 12.1. The summed E-state index contributed by atoms with van der Waals surface area (Å²) in [5.41, 5.74) is 0.893. The molecule has 1 amide bonds. The van der Waals surface area contributed by atoms with Crippen molar-refractivity contribution >= 4 is 16.9 Å². The number of benzene rings is 1. The van der Waals surface area contributed by atoms with Crippen LogP contribution in [0.3, 0.4) is 0 Å². The van der Waals surface area contributed by atoms with Crippen molar-refractivity contribution < 1.29 is 4.79 Å². The Balaban J connectivity index is 1.75. The van der Waals surface area contributed by atoms with E-state index in [1.54, 1.807) is 4.68 Å². The summed E-state index contributed by atoms with van der Waals surface area (Å²) in [6.07, 6.45) is 3.43. The van der Waals surface area contributed by atoms with Gasteiger partial charge >= 0.3 is 0 Å². The highest BCUT2D eigenvalue weighted by atomic mass is 16.2. The van der Waals surface area contributed by atoms with Crippen LogP contribution in [0.15, 0.2) is 24.3 Å². The molecule has 1 aromatic heterocycles. The fourth-order valence-corrected chi connectivity index (χ4v) is 2.72. The normalized spacial score (nSPS) is 16.9. The van der Waals surface area contributed by atoms with E-state index in [2.05, 4.69) is 21.7 Å². The highest BCUT2D eigenvalue weighted by Crippen LogP contribution is 2.28. The van der Waals surface area contributed by atoms with Crippen LogP contribution in [0.1, 0.15) is 25.7 Å². The first-order valence-electron chi connectivity index (χ1n) is 6.73. The number of rotatable bonds is 3. The number of aromatic nitrogens is 3. The minimum atomic E-state index is -0.687. The first-order valence-corrected chi connectivity index (χ1v) is 6.73. The topological polar surface area (TPSA) is 83.6 Å². The summed E-state index contributed by atoms with van der Waals surface area (Å²) < 4.78 is 1.56. The number of amides is 1. The predicted molar refractivity (Wildman–Crippen MR) is 72.5 cm³/mol. The zero-order valence-electron chi connectivity index (χ0n) is 11.0. The second-order valence-electron chi connectivity index (χ2n) is 5.18. The van der Waals surface area contributed by atoms with Crippen LogP contribution in [-0.2, 0) is 11.3 Å². The van der Waals surface area contributed by atoms with Gasteiger partial charge in [-0.25, -0.2) is 4.68 Å². The van der Waals surface area contributed by atoms with Crippen molar-refractivity contribution in [3.63, 3.8) is 0 Å². The van der Waals surface area contributed by atoms with E-state index in [-0.39, 0.29) is 12.5 Å². The van der Waals surface area contributed by atoms with Crippen LogP contribution in [-0.4, -0.2) is 26.4 Å². The highest BCUT2D eigenvalue weighted by molar-refractivity contribution is 5.80. The minimum absolute atomic E-state index is 0.0872. The Bertz CT molecular complexity index is 678. The molecule has 0 saturated heterocycles. The first-order chi connectivity index (χ1) is 9.72. The third kappa shape index (κ3) is 2.23. The molecule has 0 radical (unpaired) electrons. The molecule has 0 aliphatic heterocycles. The van der Waals surface area contributed by atoms with Gasteiger partial charge in [-0.3, -0.25) is 4.79 Å². The van der Waals surface area contributed by atoms with Gasteiger partial charge in [-0.2, -0.15) is 5.26 Å². The van der Waals surface area contributed by atoms with Crippen molar-refractivity contribution in [1.29, 1.82) is 5.26 Å². The molecule has 0 bridgehead atoms. The van der Waals surface area contributed by atoms with E-state index in [0.29, 0.717) is 0 Å². The van der Waals surface area contributed by atoms with Gasteiger partial charge in [-0.1, -0.05) is 17.3 Å². The van der Waals surface area contributed by atoms with Crippen LogP contribution in [0.25, 0.3) is 11.0 Å². The SMILES string of the molecule is N#CC1(NC(=O)Cn2nnc3ccccc32)CCCC1. The summed E-state index contributed by atoms with van der Waals surface area (Å²) in [5, 5.41) is 20.1. The van der Waals surface area contributed by atoms with E-state index < -0.39 is 5.54 Å². The summed E-state index contributed by atoms with van der Waals surface area (Å²) >= 11 is 0. The lowest BCUT2D eigenvalue weighted by Crippen LogP contribution is -2.46. The maximum Gasteiger partial charge on any atom is 0.243 e. The van der Waals surface area contributed by atoms with Gasteiger partial charge in [0.15, 0.2) is 0 Å². The van der Waals surface area contributed by atoms with Crippen molar-refractivity contribution in [3.8, 4) is 6.07 Å². The average Bonchev–Trinajstić information content (AvgIpc) is 3.07. The molecule has 0 atom stereocenters. The van der Waals surface area contributed by atoms with Gasteiger partial charge in [-0.05, 0) is 37.8 Å². The van der Waals surface area contributed by atoms with E-state index in [1.807, 2.05) is 24.3 Å². The number of hydrogen-bond acceptors (Lipinski definition) is 4. The molecule has 1 N–H and O–H groups in total. The number of carbonyl (C=O) groups excluding carboxylic acids is 1. The van der Waals surface area contributed by atoms with Crippen LogP contribution in [0.4, 0.5) is 0 Å². The second-order valence-corrected chi connectivity index (χ2v) is 5.18. The summed E-state index contributed by atoms with van der Waals surface area (Å²) in [7, 11) is 0. The number of carbonyl (C=O) groups is 1. The van der Waals surface area contributed by atoms with Crippen molar-refractivity contribution in [2.24, 2.45) is 0 Å². The van der Waals surface area contributed by atoms with Crippen LogP contribution >= 0.6 is 0 Å². The zero-order valence-corrected chi connectivity index (χ0v) is 11.0. The molecule has 0 spiro atoms. The third-order valence-corrected chi connectivity index (χ3v) is 3.76. The maximum atomic E-state index is 12.1. The third-order valence-electron chi connectivity index (χ3n) is 3.76. The lowest BCUT2D eigenvalue weighted by atomic mass is 10.00. The molecule has 1 saturated carbocycles. The van der Waals surface area contributed by atoms with E-state index in [0.717, 1.165) is 36.7 Å². The fourth-order valence-electron chi connectivity index (χ4n) is 2.72. The molecule has 1 aromatic carbocycles. The molecule has 102 valence electrons. The van der Waals surface area contributed by atoms with Gasteiger partial charge in [0.05, 0.1) is 11.6 Å². The van der Waals surface area contributed by atoms with Crippen LogP contribution in [0, 0.1) is 11.3 Å². The molecule has 3 rings (SSSR count). The number of fused-ring (bicyclic) bond motifs is 1. The molecule has 2 aromatic rings. The zero-order chi connectivity index (χ0) is 14.0. The monoisotopic (exact) mass is 269 g/mol. The first kappa shape index (κ1) is 12.6. The van der Waals surface area contributed by atoms with Gasteiger partial charge in [0.2, 0.25) is 5.91 Å². The second kappa shape index (κ2) is 4.93. The minimum Gasteiger partial charge on any atom is -0.336 e. The Morgan fingerprint density at radius 1 is 1.40 bits per heavy atom. The number of hydrogen-bond donors (Lipinski definition) is 1. The lowest BCUT2D eigenvalue weighted by Gasteiger charge is -2.21. The molecular weight excluding hydrogens is 254 g/mol. The smallest absolute Gasteiger partial charge is 0.243 e. The number of para-hydroxylation sites is 1. The molecule has 1 aliphatic rings. The molecule has 1 aliphatic carbocycles. The van der Waals surface area contributed by atoms with Crippen molar-refractivity contribution in [2.75, 3.05) is 0 Å². The van der Waals surface area contributed by atoms with Crippen molar-refractivity contribution in [2.45, 2.75) is 37.8 Å². The standard InChI is InChI=1S/C14H15N5O/c15-10-14(7-3-4-8-14)16-13(20)9-19-12-6-2-1-5-11(12)17-18-19/h1-2,5-6H,3-4,7-9H2,(H,16,20). The molecule has 6 nitrogen and oxygen atoms in total. The van der Waals surface area contributed by atoms with Crippen LogP contribution in [0.2, 0.25) is 0 Å². The number of nitrogens with one attached hydrogen (secondary N) is 1. The highest BCUT2D eigenvalue weighted by Gasteiger charge is 2.35. The van der Waals surface area contributed by atoms with Crippen LogP contribution < -0.4 is 5.32 Å². The Morgan fingerprint density at radius 2 is 2.15 bits per heavy atom. The summed E-state index contributed by atoms with van der Waals surface area (Å²) in [5.74, 6) is -0.191. The van der Waals surface area contributed by atoms with Crippen molar-refractivity contribution in [1.82, 2.24) is 20.3 Å². The quantitative estimate of drug-likeness (QED) is 0.912. The van der Waals surface area contributed by atoms with E-state index in [4.69, 9.17) is 0 Å². The predicted octanol–water partition coefficient (Wildman–Crippen LogP) is 1.38. The fraction of sp³-hybridized carbons (Fsp3) is 0.429.